The third kappa shape index (κ3) is 3.73. The standard InChI is InChI=1S/C30H25N7O/c1-20-17-28(37-30(33-20)31-19-32-37)35-13-15-36(16-14-35)29(38)25-18-27(34-26-12-5-4-10-24(25)26)23-11-6-8-21-7-2-3-9-22(21)23/h2-12,17-19H,13-16H2,1H3. The molecule has 7 rings (SSSR count). The van der Waals surface area contributed by atoms with Gasteiger partial charge >= 0.3 is 0 Å². The Morgan fingerprint density at radius 1 is 0.816 bits per heavy atom. The normalized spacial score (nSPS) is 14.0. The van der Waals surface area contributed by atoms with Gasteiger partial charge in [-0.1, -0.05) is 60.7 Å². The van der Waals surface area contributed by atoms with E-state index in [9.17, 15) is 4.79 Å². The van der Waals surface area contributed by atoms with E-state index in [2.05, 4.69) is 44.2 Å². The molecule has 1 fully saturated rings. The highest BCUT2D eigenvalue weighted by Gasteiger charge is 2.26. The summed E-state index contributed by atoms with van der Waals surface area (Å²) in [6.07, 6.45) is 1.52. The smallest absolute Gasteiger partial charge is 0.254 e. The molecule has 3 aromatic carbocycles. The van der Waals surface area contributed by atoms with Gasteiger partial charge in [-0.15, -0.1) is 0 Å². The second-order valence-corrected chi connectivity index (χ2v) is 9.61. The summed E-state index contributed by atoms with van der Waals surface area (Å²) >= 11 is 0. The second-order valence-electron chi connectivity index (χ2n) is 9.61. The molecular weight excluding hydrogens is 474 g/mol. The molecule has 0 spiro atoms. The second kappa shape index (κ2) is 8.92. The van der Waals surface area contributed by atoms with Crippen LogP contribution in [0.5, 0.6) is 0 Å². The zero-order chi connectivity index (χ0) is 25.6. The number of aryl methyl sites for hydroxylation is 1. The maximum absolute atomic E-state index is 14.0. The van der Waals surface area contributed by atoms with Crippen molar-refractivity contribution in [2.24, 2.45) is 0 Å². The van der Waals surface area contributed by atoms with Gasteiger partial charge < -0.3 is 9.80 Å². The van der Waals surface area contributed by atoms with Crippen molar-refractivity contribution >= 4 is 39.2 Å². The summed E-state index contributed by atoms with van der Waals surface area (Å²) in [5.74, 6) is 1.56. The van der Waals surface area contributed by atoms with Gasteiger partial charge in [-0.2, -0.15) is 14.6 Å². The average Bonchev–Trinajstić information content (AvgIpc) is 3.44. The van der Waals surface area contributed by atoms with Crippen molar-refractivity contribution in [2.75, 3.05) is 31.1 Å². The van der Waals surface area contributed by atoms with Gasteiger partial charge in [-0.3, -0.25) is 4.79 Å². The van der Waals surface area contributed by atoms with Crippen molar-refractivity contribution in [1.29, 1.82) is 0 Å². The third-order valence-corrected chi connectivity index (χ3v) is 7.26. The molecule has 3 aromatic heterocycles. The molecule has 0 saturated carbocycles. The lowest BCUT2D eigenvalue weighted by Crippen LogP contribution is -2.49. The number of nitrogens with zero attached hydrogens (tertiary/aromatic N) is 7. The van der Waals surface area contributed by atoms with Gasteiger partial charge in [0.25, 0.3) is 11.7 Å². The lowest BCUT2D eigenvalue weighted by molar-refractivity contribution is 0.0748. The molecule has 1 saturated heterocycles. The number of carbonyl (C=O) groups excluding carboxylic acids is 1. The van der Waals surface area contributed by atoms with Crippen LogP contribution in [0, 0.1) is 6.92 Å². The largest absolute Gasteiger partial charge is 0.353 e. The summed E-state index contributed by atoms with van der Waals surface area (Å²) < 4.78 is 1.76. The molecule has 8 heteroatoms. The van der Waals surface area contributed by atoms with Gasteiger partial charge in [0.1, 0.15) is 12.1 Å². The monoisotopic (exact) mass is 499 g/mol. The molecule has 0 unspecified atom stereocenters. The Morgan fingerprint density at radius 3 is 2.45 bits per heavy atom. The SMILES string of the molecule is Cc1cc(N2CCN(C(=O)c3cc(-c4cccc5ccccc45)nc4ccccc34)CC2)n2ncnc2n1. The van der Waals surface area contributed by atoms with E-state index in [1.807, 2.05) is 66.4 Å². The Balaban J connectivity index is 1.23. The lowest BCUT2D eigenvalue weighted by Gasteiger charge is -2.36. The Bertz CT molecular complexity index is 1830. The molecule has 8 nitrogen and oxygen atoms in total. The number of fused-ring (bicyclic) bond motifs is 3. The van der Waals surface area contributed by atoms with Crippen LogP contribution >= 0.6 is 0 Å². The molecule has 38 heavy (non-hydrogen) atoms. The molecule has 0 N–H and O–H groups in total. The first-order chi connectivity index (χ1) is 18.7. The fraction of sp³-hybridized carbons (Fsp3) is 0.167. The maximum Gasteiger partial charge on any atom is 0.254 e. The highest BCUT2D eigenvalue weighted by Crippen LogP contribution is 2.31. The quantitative estimate of drug-likeness (QED) is 0.349. The Labute approximate surface area is 219 Å². The number of piperazine rings is 1. The molecule has 0 atom stereocenters. The van der Waals surface area contributed by atoms with E-state index in [0.29, 0.717) is 37.5 Å². The number of amides is 1. The molecule has 6 aromatic rings. The van der Waals surface area contributed by atoms with Gasteiger partial charge in [0.05, 0.1) is 16.8 Å². The van der Waals surface area contributed by atoms with E-state index < -0.39 is 0 Å². The molecule has 0 aliphatic carbocycles. The fourth-order valence-electron chi connectivity index (χ4n) is 5.38. The molecule has 1 aliphatic rings. The van der Waals surface area contributed by atoms with Crippen LogP contribution in [-0.4, -0.2) is 61.6 Å². The first-order valence-corrected chi connectivity index (χ1v) is 12.8. The van der Waals surface area contributed by atoms with Crippen LogP contribution in [0.15, 0.2) is 85.2 Å². The van der Waals surface area contributed by atoms with E-state index >= 15 is 0 Å². The molecular formula is C30H25N7O. The number of rotatable bonds is 3. The number of carbonyl (C=O) groups is 1. The van der Waals surface area contributed by atoms with Gasteiger partial charge in [0.15, 0.2) is 0 Å². The van der Waals surface area contributed by atoms with Crippen molar-refractivity contribution in [3.8, 4) is 11.3 Å². The first-order valence-electron chi connectivity index (χ1n) is 12.8. The summed E-state index contributed by atoms with van der Waals surface area (Å²) in [7, 11) is 0. The predicted octanol–water partition coefficient (Wildman–Crippen LogP) is 4.76. The lowest BCUT2D eigenvalue weighted by atomic mass is 9.98. The number of hydrogen-bond donors (Lipinski definition) is 0. The zero-order valence-corrected chi connectivity index (χ0v) is 21.0. The van der Waals surface area contributed by atoms with Gasteiger partial charge in [-0.25, -0.2) is 9.97 Å². The third-order valence-electron chi connectivity index (χ3n) is 7.26. The molecule has 0 bridgehead atoms. The molecule has 186 valence electrons. The van der Waals surface area contributed by atoms with E-state index in [0.717, 1.165) is 44.4 Å². The van der Waals surface area contributed by atoms with Crippen LogP contribution in [0.25, 0.3) is 38.7 Å². The van der Waals surface area contributed by atoms with Crippen molar-refractivity contribution in [3.63, 3.8) is 0 Å². The van der Waals surface area contributed by atoms with Crippen LogP contribution < -0.4 is 4.90 Å². The summed E-state index contributed by atoms with van der Waals surface area (Å²) in [4.78, 5) is 31.8. The highest BCUT2D eigenvalue weighted by molar-refractivity contribution is 6.08. The van der Waals surface area contributed by atoms with Crippen LogP contribution in [0.4, 0.5) is 5.82 Å². The number of benzene rings is 3. The number of aromatic nitrogens is 5. The van der Waals surface area contributed by atoms with Crippen LogP contribution in [0.2, 0.25) is 0 Å². The van der Waals surface area contributed by atoms with Crippen molar-refractivity contribution in [1.82, 2.24) is 29.5 Å². The van der Waals surface area contributed by atoms with Gasteiger partial charge in [0.2, 0.25) is 0 Å². The molecule has 1 aliphatic heterocycles. The number of anilines is 1. The van der Waals surface area contributed by atoms with Crippen molar-refractivity contribution in [2.45, 2.75) is 6.92 Å². The van der Waals surface area contributed by atoms with E-state index in [4.69, 9.17) is 4.98 Å². The predicted molar refractivity (Wildman–Crippen MR) is 148 cm³/mol. The fourth-order valence-corrected chi connectivity index (χ4v) is 5.38. The summed E-state index contributed by atoms with van der Waals surface area (Å²) in [5.41, 5.74) is 4.23. The maximum atomic E-state index is 14.0. The number of hydrogen-bond acceptors (Lipinski definition) is 6. The average molecular weight is 500 g/mol. The summed E-state index contributed by atoms with van der Waals surface area (Å²) in [6.45, 7) is 4.57. The minimum absolute atomic E-state index is 0.0292. The van der Waals surface area contributed by atoms with Crippen LogP contribution in [0.3, 0.4) is 0 Å². The van der Waals surface area contributed by atoms with E-state index in [1.54, 1.807) is 4.52 Å². The Kier molecular flexibility index (Phi) is 5.25. The Hall–Kier alpha value is -4.85. The van der Waals surface area contributed by atoms with Crippen molar-refractivity contribution < 1.29 is 4.79 Å². The number of pyridine rings is 1. The molecule has 4 heterocycles. The van der Waals surface area contributed by atoms with Crippen molar-refractivity contribution in [3.05, 3.63) is 96.4 Å². The zero-order valence-electron chi connectivity index (χ0n) is 21.0. The minimum atomic E-state index is 0.0292. The van der Waals surface area contributed by atoms with Gasteiger partial charge in [-0.05, 0) is 29.8 Å². The highest BCUT2D eigenvalue weighted by atomic mass is 16.2. The van der Waals surface area contributed by atoms with Crippen LogP contribution in [0.1, 0.15) is 16.1 Å². The van der Waals surface area contributed by atoms with E-state index in [1.165, 1.54) is 6.33 Å². The first kappa shape index (κ1) is 22.4. The van der Waals surface area contributed by atoms with Crippen LogP contribution in [-0.2, 0) is 0 Å². The van der Waals surface area contributed by atoms with E-state index in [-0.39, 0.29) is 5.91 Å². The topological polar surface area (TPSA) is 79.5 Å². The summed E-state index contributed by atoms with van der Waals surface area (Å²) in [5, 5.41) is 7.49. The summed E-state index contributed by atoms with van der Waals surface area (Å²) in [6, 6.07) is 26.4. The molecule has 1 amide bonds. The number of para-hydroxylation sites is 1. The molecule has 0 radical (unpaired) electrons. The van der Waals surface area contributed by atoms with Gasteiger partial charge in [0, 0.05) is 48.9 Å². The minimum Gasteiger partial charge on any atom is -0.353 e. The Morgan fingerprint density at radius 2 is 1.58 bits per heavy atom.